The monoisotopic (exact) mass is 182 g/mol. The first-order valence-corrected chi connectivity index (χ1v) is 3.74. The second-order valence-corrected chi connectivity index (χ2v) is 2.36. The average Bonchev–Trinajstić information content (AvgIpc) is 2.18. The van der Waals surface area contributed by atoms with E-state index in [4.69, 9.17) is 15.6 Å². The van der Waals surface area contributed by atoms with Crippen molar-refractivity contribution in [2.24, 2.45) is 5.73 Å². The fraction of sp³-hybridized carbons (Fsp3) is 0.250. The highest BCUT2D eigenvalue weighted by Crippen LogP contribution is 2.06. The fourth-order valence-electron chi connectivity index (χ4n) is 0.688. The number of esters is 1. The van der Waals surface area contributed by atoms with Crippen LogP contribution in [0.5, 0.6) is 5.75 Å². The van der Waals surface area contributed by atoms with Gasteiger partial charge in [0.1, 0.15) is 5.75 Å². The Labute approximate surface area is 75.2 Å². The van der Waals surface area contributed by atoms with Gasteiger partial charge in [0.2, 0.25) is 0 Å². The van der Waals surface area contributed by atoms with Gasteiger partial charge in [0.15, 0.2) is 6.10 Å². The molecule has 1 aromatic heterocycles. The first-order valence-electron chi connectivity index (χ1n) is 3.74. The highest BCUT2D eigenvalue weighted by Gasteiger charge is 2.14. The topological polar surface area (TPSA) is 85.4 Å². The second-order valence-electron chi connectivity index (χ2n) is 2.36. The van der Waals surface area contributed by atoms with Crippen molar-refractivity contribution in [3.63, 3.8) is 0 Å². The smallest absolute Gasteiger partial charge is 0.341 e. The Bertz CT molecular complexity index is 276. The van der Waals surface area contributed by atoms with E-state index in [1.54, 1.807) is 18.3 Å². The van der Waals surface area contributed by atoms with E-state index in [0.29, 0.717) is 5.75 Å². The number of aromatic nitrogens is 1. The van der Waals surface area contributed by atoms with E-state index in [1.165, 1.54) is 6.20 Å². The Hall–Kier alpha value is -1.46. The molecule has 0 fully saturated rings. The lowest BCUT2D eigenvalue weighted by atomic mass is 10.4. The summed E-state index contributed by atoms with van der Waals surface area (Å²) < 4.78 is 4.74. The van der Waals surface area contributed by atoms with Crippen LogP contribution in [0.4, 0.5) is 0 Å². The number of aliphatic hydroxyl groups excluding tert-OH is 1. The van der Waals surface area contributed by atoms with Crippen LogP contribution in [0.3, 0.4) is 0 Å². The first kappa shape index (κ1) is 9.63. The SMILES string of the molecule is NCC(O)C(=O)Oc1cccnc1. The summed E-state index contributed by atoms with van der Waals surface area (Å²) in [6.07, 6.45) is 1.65. The zero-order chi connectivity index (χ0) is 9.68. The Kier molecular flexibility index (Phi) is 3.36. The van der Waals surface area contributed by atoms with Gasteiger partial charge in [-0.1, -0.05) is 0 Å². The summed E-state index contributed by atoms with van der Waals surface area (Å²) in [5.74, 6) is -0.476. The number of carbonyl (C=O) groups excluding carboxylic acids is 1. The van der Waals surface area contributed by atoms with Crippen LogP contribution in [-0.4, -0.2) is 28.7 Å². The van der Waals surface area contributed by atoms with Crippen molar-refractivity contribution >= 4 is 5.97 Å². The zero-order valence-electron chi connectivity index (χ0n) is 6.88. The molecule has 0 amide bonds. The Morgan fingerprint density at radius 2 is 2.54 bits per heavy atom. The van der Waals surface area contributed by atoms with Crippen molar-refractivity contribution < 1.29 is 14.6 Å². The number of hydrogen-bond donors (Lipinski definition) is 2. The number of nitrogens with two attached hydrogens (primary N) is 1. The number of pyridine rings is 1. The summed E-state index contributed by atoms with van der Waals surface area (Å²) in [5, 5.41) is 8.97. The highest BCUT2D eigenvalue weighted by molar-refractivity contribution is 5.77. The van der Waals surface area contributed by atoms with Gasteiger partial charge in [-0.2, -0.15) is 0 Å². The maximum Gasteiger partial charge on any atom is 0.341 e. The lowest BCUT2D eigenvalue weighted by molar-refractivity contribution is -0.143. The summed E-state index contributed by atoms with van der Waals surface area (Å²) in [6.45, 7) is -0.154. The quantitative estimate of drug-likeness (QED) is 0.604. The van der Waals surface area contributed by atoms with Gasteiger partial charge < -0.3 is 15.6 Å². The molecule has 0 spiro atoms. The van der Waals surface area contributed by atoms with Gasteiger partial charge in [-0.15, -0.1) is 0 Å². The number of aliphatic hydroxyl groups is 1. The van der Waals surface area contributed by atoms with Gasteiger partial charge in [0, 0.05) is 12.7 Å². The van der Waals surface area contributed by atoms with Crippen LogP contribution in [0, 0.1) is 0 Å². The van der Waals surface area contributed by atoms with Gasteiger partial charge in [0.25, 0.3) is 0 Å². The molecule has 1 rings (SSSR count). The molecule has 0 bridgehead atoms. The summed E-state index contributed by atoms with van der Waals surface area (Å²) in [4.78, 5) is 14.7. The van der Waals surface area contributed by atoms with Crippen LogP contribution in [0.1, 0.15) is 0 Å². The van der Waals surface area contributed by atoms with Crippen molar-refractivity contribution in [1.29, 1.82) is 0 Å². The minimum absolute atomic E-state index is 0.154. The molecular formula is C8H10N2O3. The number of ether oxygens (including phenoxy) is 1. The molecule has 1 aromatic rings. The zero-order valence-corrected chi connectivity index (χ0v) is 6.88. The number of carbonyl (C=O) groups is 1. The van der Waals surface area contributed by atoms with Crippen LogP contribution >= 0.6 is 0 Å². The van der Waals surface area contributed by atoms with Crippen molar-refractivity contribution in [3.8, 4) is 5.75 Å². The third-order valence-electron chi connectivity index (χ3n) is 1.35. The van der Waals surface area contributed by atoms with Crippen molar-refractivity contribution in [3.05, 3.63) is 24.5 Å². The fourth-order valence-corrected chi connectivity index (χ4v) is 0.688. The molecule has 0 saturated carbocycles. The molecule has 0 radical (unpaired) electrons. The standard InChI is InChI=1S/C8H10N2O3/c9-4-7(11)8(12)13-6-2-1-3-10-5-6/h1-3,5,7,11H,4,9H2. The highest BCUT2D eigenvalue weighted by atomic mass is 16.5. The average molecular weight is 182 g/mol. The van der Waals surface area contributed by atoms with Gasteiger partial charge in [0.05, 0.1) is 6.20 Å². The van der Waals surface area contributed by atoms with Crippen LogP contribution in [0.2, 0.25) is 0 Å². The van der Waals surface area contributed by atoms with E-state index < -0.39 is 12.1 Å². The molecule has 1 unspecified atom stereocenters. The van der Waals surface area contributed by atoms with Crippen LogP contribution < -0.4 is 10.5 Å². The van der Waals surface area contributed by atoms with Crippen LogP contribution in [0.25, 0.3) is 0 Å². The van der Waals surface area contributed by atoms with Crippen molar-refractivity contribution in [1.82, 2.24) is 4.98 Å². The molecule has 0 aliphatic rings. The summed E-state index contributed by atoms with van der Waals surface area (Å²) in [5.41, 5.74) is 5.06. The molecule has 0 aliphatic carbocycles. The molecule has 0 aromatic carbocycles. The lowest BCUT2D eigenvalue weighted by Gasteiger charge is -2.06. The van der Waals surface area contributed by atoms with Gasteiger partial charge >= 0.3 is 5.97 Å². The number of hydrogen-bond acceptors (Lipinski definition) is 5. The van der Waals surface area contributed by atoms with Crippen LogP contribution in [-0.2, 0) is 4.79 Å². The van der Waals surface area contributed by atoms with E-state index in [2.05, 4.69) is 4.98 Å². The minimum atomic E-state index is -1.28. The first-order chi connectivity index (χ1) is 6.24. The molecule has 3 N–H and O–H groups in total. The minimum Gasteiger partial charge on any atom is -0.423 e. The van der Waals surface area contributed by atoms with Crippen LogP contribution in [0.15, 0.2) is 24.5 Å². The predicted molar refractivity (Wildman–Crippen MR) is 44.9 cm³/mol. The van der Waals surface area contributed by atoms with Gasteiger partial charge in [-0.3, -0.25) is 4.98 Å². The Balaban J connectivity index is 2.55. The van der Waals surface area contributed by atoms with E-state index in [0.717, 1.165) is 0 Å². The molecule has 1 heterocycles. The molecule has 0 aliphatic heterocycles. The molecule has 5 heteroatoms. The largest absolute Gasteiger partial charge is 0.423 e. The Morgan fingerprint density at radius 1 is 1.77 bits per heavy atom. The molecule has 70 valence electrons. The second kappa shape index (κ2) is 4.54. The van der Waals surface area contributed by atoms with E-state index >= 15 is 0 Å². The number of nitrogens with zero attached hydrogens (tertiary/aromatic N) is 1. The third kappa shape index (κ3) is 2.81. The van der Waals surface area contributed by atoms with Crippen molar-refractivity contribution in [2.45, 2.75) is 6.10 Å². The maximum atomic E-state index is 11.0. The summed E-state index contributed by atoms with van der Waals surface area (Å²) >= 11 is 0. The van der Waals surface area contributed by atoms with Gasteiger partial charge in [-0.25, -0.2) is 4.79 Å². The summed E-state index contributed by atoms with van der Waals surface area (Å²) in [6, 6.07) is 3.19. The van der Waals surface area contributed by atoms with Gasteiger partial charge in [-0.05, 0) is 12.1 Å². The van der Waals surface area contributed by atoms with E-state index in [-0.39, 0.29) is 6.54 Å². The third-order valence-corrected chi connectivity index (χ3v) is 1.35. The molecular weight excluding hydrogens is 172 g/mol. The summed E-state index contributed by atoms with van der Waals surface area (Å²) in [7, 11) is 0. The molecule has 1 atom stereocenters. The molecule has 13 heavy (non-hydrogen) atoms. The predicted octanol–water partition coefficient (Wildman–Crippen LogP) is -0.693. The van der Waals surface area contributed by atoms with Crippen molar-refractivity contribution in [2.75, 3.05) is 6.54 Å². The lowest BCUT2D eigenvalue weighted by Crippen LogP contribution is -2.32. The van der Waals surface area contributed by atoms with E-state index in [1.807, 2.05) is 0 Å². The van der Waals surface area contributed by atoms with E-state index in [9.17, 15) is 4.79 Å². The maximum absolute atomic E-state index is 11.0. The molecule has 0 saturated heterocycles. The number of rotatable bonds is 3. The normalized spacial score (nSPS) is 12.2. The Morgan fingerprint density at radius 3 is 3.08 bits per heavy atom. The molecule has 5 nitrogen and oxygen atoms in total.